The highest BCUT2D eigenvalue weighted by atomic mass is 79.9. The van der Waals surface area contributed by atoms with E-state index in [2.05, 4.69) is 101 Å². The molecular formula is C27H30Br2N2O2. The number of nitrogens with one attached hydrogen (secondary N) is 1. The molecule has 3 aromatic rings. The maximum Gasteiger partial charge on any atom is 0.407 e. The van der Waals surface area contributed by atoms with Gasteiger partial charge in [0.05, 0.1) is 12.6 Å². The SMILES string of the molecule is CCOC(=O)NC(c1c(C)cc(C(C)(C)C)cc1C)c1c(Br)cc(-c2ccncc2)cc1Br. The van der Waals surface area contributed by atoms with E-state index in [1.54, 1.807) is 19.3 Å². The highest BCUT2D eigenvalue weighted by molar-refractivity contribution is 9.11. The summed E-state index contributed by atoms with van der Waals surface area (Å²) in [5.74, 6) is 0. The zero-order valence-electron chi connectivity index (χ0n) is 19.9. The van der Waals surface area contributed by atoms with Crippen molar-refractivity contribution in [2.45, 2.75) is 53.0 Å². The van der Waals surface area contributed by atoms with Crippen LogP contribution in [0.25, 0.3) is 11.1 Å². The summed E-state index contributed by atoms with van der Waals surface area (Å²) in [6.45, 7) is 12.9. The van der Waals surface area contributed by atoms with E-state index in [4.69, 9.17) is 4.74 Å². The average Bonchev–Trinajstić information content (AvgIpc) is 2.72. The Labute approximate surface area is 213 Å². The molecule has 0 fully saturated rings. The van der Waals surface area contributed by atoms with Crippen molar-refractivity contribution in [1.29, 1.82) is 0 Å². The summed E-state index contributed by atoms with van der Waals surface area (Å²) in [7, 11) is 0. The predicted octanol–water partition coefficient (Wildman–Crippen LogP) is 8.02. The van der Waals surface area contributed by atoms with E-state index >= 15 is 0 Å². The Bertz CT molecular complexity index is 1110. The average molecular weight is 574 g/mol. The number of ether oxygens (including phenoxy) is 1. The summed E-state index contributed by atoms with van der Waals surface area (Å²) < 4.78 is 7.04. The van der Waals surface area contributed by atoms with Gasteiger partial charge in [-0.05, 0) is 83.8 Å². The number of pyridine rings is 1. The van der Waals surface area contributed by atoms with E-state index in [0.29, 0.717) is 6.61 Å². The molecule has 1 amide bonds. The molecule has 6 heteroatoms. The van der Waals surface area contributed by atoms with Crippen LogP contribution < -0.4 is 5.32 Å². The highest BCUT2D eigenvalue weighted by Gasteiger charge is 2.27. The van der Waals surface area contributed by atoms with Crippen molar-refractivity contribution in [1.82, 2.24) is 10.3 Å². The van der Waals surface area contributed by atoms with E-state index in [1.165, 1.54) is 5.56 Å². The summed E-state index contributed by atoms with van der Waals surface area (Å²) in [5.41, 5.74) is 7.66. The lowest BCUT2D eigenvalue weighted by Gasteiger charge is -2.28. The van der Waals surface area contributed by atoms with Crippen LogP contribution in [0.3, 0.4) is 0 Å². The van der Waals surface area contributed by atoms with E-state index in [1.807, 2.05) is 12.1 Å². The van der Waals surface area contributed by atoms with Gasteiger partial charge in [0, 0.05) is 26.9 Å². The number of benzene rings is 2. The van der Waals surface area contributed by atoms with E-state index < -0.39 is 12.1 Å². The monoisotopic (exact) mass is 572 g/mol. The fraction of sp³-hybridized carbons (Fsp3) is 0.333. The second kappa shape index (κ2) is 10.4. The van der Waals surface area contributed by atoms with Gasteiger partial charge in [0.1, 0.15) is 0 Å². The van der Waals surface area contributed by atoms with Gasteiger partial charge >= 0.3 is 6.09 Å². The standard InChI is InChI=1S/C27H30Br2N2O2/c1-7-33-26(32)31-25(23-16(2)12-20(13-17(23)3)27(4,5)6)24-21(28)14-19(15-22(24)29)18-8-10-30-11-9-18/h8-15,25H,7H2,1-6H3,(H,31,32). The van der Waals surface area contributed by atoms with Gasteiger partial charge in [0.15, 0.2) is 0 Å². The number of rotatable bonds is 5. The number of halogens is 2. The molecule has 1 unspecified atom stereocenters. The minimum absolute atomic E-state index is 0.0332. The van der Waals surface area contributed by atoms with E-state index in [-0.39, 0.29) is 5.41 Å². The van der Waals surface area contributed by atoms with Gasteiger partial charge in [-0.1, -0.05) is 64.8 Å². The van der Waals surface area contributed by atoms with E-state index in [0.717, 1.165) is 42.3 Å². The highest BCUT2D eigenvalue weighted by Crippen LogP contribution is 2.41. The molecule has 1 aromatic heterocycles. The van der Waals surface area contributed by atoms with Gasteiger partial charge in [-0.15, -0.1) is 0 Å². The minimum Gasteiger partial charge on any atom is -0.450 e. The maximum absolute atomic E-state index is 12.6. The molecule has 0 saturated heterocycles. The quantitative estimate of drug-likeness (QED) is 0.336. The topological polar surface area (TPSA) is 51.2 Å². The molecule has 33 heavy (non-hydrogen) atoms. The predicted molar refractivity (Wildman–Crippen MR) is 142 cm³/mol. The fourth-order valence-electron chi connectivity index (χ4n) is 4.01. The zero-order chi connectivity index (χ0) is 24.3. The zero-order valence-corrected chi connectivity index (χ0v) is 23.1. The molecule has 3 rings (SSSR count). The van der Waals surface area contributed by atoms with Crippen LogP contribution in [0.15, 0.2) is 57.7 Å². The Hall–Kier alpha value is -2.18. The molecule has 1 N–H and O–H groups in total. The van der Waals surface area contributed by atoms with Crippen molar-refractivity contribution in [2.75, 3.05) is 6.61 Å². The molecule has 0 aliphatic carbocycles. The van der Waals surface area contributed by atoms with Crippen LogP contribution in [0, 0.1) is 13.8 Å². The molecule has 1 atom stereocenters. The van der Waals surface area contributed by atoms with Crippen LogP contribution in [0.2, 0.25) is 0 Å². The van der Waals surface area contributed by atoms with Gasteiger partial charge < -0.3 is 10.1 Å². The maximum atomic E-state index is 12.6. The Morgan fingerprint density at radius 3 is 2.00 bits per heavy atom. The fourth-order valence-corrected chi connectivity index (χ4v) is 5.66. The summed E-state index contributed by atoms with van der Waals surface area (Å²) in [6, 6.07) is 12.1. The molecule has 0 spiro atoms. The lowest BCUT2D eigenvalue weighted by Crippen LogP contribution is -2.31. The first-order valence-electron chi connectivity index (χ1n) is 11.0. The van der Waals surface area contributed by atoms with Crippen molar-refractivity contribution >= 4 is 38.0 Å². The molecular weight excluding hydrogens is 544 g/mol. The first-order valence-corrected chi connectivity index (χ1v) is 12.6. The minimum atomic E-state index is -0.446. The van der Waals surface area contributed by atoms with Crippen molar-refractivity contribution < 1.29 is 9.53 Å². The van der Waals surface area contributed by atoms with Crippen LogP contribution in [-0.4, -0.2) is 17.7 Å². The second-order valence-corrected chi connectivity index (χ2v) is 10.9. The number of amides is 1. The van der Waals surface area contributed by atoms with Crippen LogP contribution >= 0.6 is 31.9 Å². The van der Waals surface area contributed by atoms with Crippen molar-refractivity contribution in [3.8, 4) is 11.1 Å². The van der Waals surface area contributed by atoms with Gasteiger partial charge in [0.2, 0.25) is 0 Å². The Kier molecular flexibility index (Phi) is 8.01. The smallest absolute Gasteiger partial charge is 0.407 e. The van der Waals surface area contributed by atoms with Crippen LogP contribution in [0.4, 0.5) is 4.79 Å². The summed E-state index contributed by atoms with van der Waals surface area (Å²) >= 11 is 7.56. The van der Waals surface area contributed by atoms with Crippen LogP contribution in [0.5, 0.6) is 0 Å². The normalized spacial score (nSPS) is 12.4. The Balaban J connectivity index is 2.18. The number of carbonyl (C=O) groups excluding carboxylic acids is 1. The second-order valence-electron chi connectivity index (χ2n) is 9.16. The summed E-state index contributed by atoms with van der Waals surface area (Å²) in [6.07, 6.45) is 3.11. The lowest BCUT2D eigenvalue weighted by atomic mass is 9.81. The number of alkyl carbamates (subject to hydrolysis) is 1. The molecule has 0 saturated carbocycles. The number of nitrogens with zero attached hydrogens (tertiary/aromatic N) is 1. The number of hydrogen-bond donors (Lipinski definition) is 1. The third-order valence-electron chi connectivity index (χ3n) is 5.67. The van der Waals surface area contributed by atoms with Crippen molar-refractivity contribution in [3.63, 3.8) is 0 Å². The van der Waals surface area contributed by atoms with Gasteiger partial charge in [-0.3, -0.25) is 4.98 Å². The number of aryl methyl sites for hydroxylation is 2. The first-order chi connectivity index (χ1) is 15.5. The van der Waals surface area contributed by atoms with E-state index in [9.17, 15) is 4.79 Å². The molecule has 0 aliphatic rings. The molecule has 0 aliphatic heterocycles. The third-order valence-corrected chi connectivity index (χ3v) is 6.98. The number of aromatic nitrogens is 1. The molecule has 1 heterocycles. The largest absolute Gasteiger partial charge is 0.450 e. The number of carbonyl (C=O) groups is 1. The molecule has 4 nitrogen and oxygen atoms in total. The first kappa shape index (κ1) is 25.4. The van der Waals surface area contributed by atoms with Gasteiger partial charge in [-0.25, -0.2) is 4.79 Å². The van der Waals surface area contributed by atoms with Crippen molar-refractivity contribution in [2.24, 2.45) is 0 Å². The molecule has 0 bridgehead atoms. The summed E-state index contributed by atoms with van der Waals surface area (Å²) in [5, 5.41) is 3.10. The van der Waals surface area contributed by atoms with Crippen LogP contribution in [-0.2, 0) is 10.2 Å². The van der Waals surface area contributed by atoms with Gasteiger partial charge in [0.25, 0.3) is 0 Å². The Morgan fingerprint density at radius 1 is 0.970 bits per heavy atom. The summed E-state index contributed by atoms with van der Waals surface area (Å²) in [4.78, 5) is 16.7. The van der Waals surface area contributed by atoms with Crippen LogP contribution in [0.1, 0.15) is 61.6 Å². The molecule has 2 aromatic carbocycles. The number of hydrogen-bond acceptors (Lipinski definition) is 3. The third kappa shape index (κ3) is 5.85. The molecule has 174 valence electrons. The molecule has 0 radical (unpaired) electrons. The van der Waals surface area contributed by atoms with Gasteiger partial charge in [-0.2, -0.15) is 0 Å². The Morgan fingerprint density at radius 2 is 1.52 bits per heavy atom. The van der Waals surface area contributed by atoms with Crippen molar-refractivity contribution in [3.05, 3.63) is 85.6 Å². The lowest BCUT2D eigenvalue weighted by molar-refractivity contribution is 0.149.